The van der Waals surface area contributed by atoms with Crippen molar-refractivity contribution >= 4 is 5.91 Å². The van der Waals surface area contributed by atoms with Gasteiger partial charge in [0, 0.05) is 23.7 Å². The Balaban J connectivity index is 2.07. The number of hydrogen-bond donors (Lipinski definition) is 1. The average molecular weight is 365 g/mol. The van der Waals surface area contributed by atoms with Crippen molar-refractivity contribution in [3.63, 3.8) is 0 Å². The molecule has 1 aromatic carbocycles. The Bertz CT molecular complexity index is 583. The minimum Gasteiger partial charge on any atom is -0.484 e. The first-order chi connectivity index (χ1) is 12.1. The van der Waals surface area contributed by atoms with Gasteiger partial charge in [-0.3, -0.25) is 4.79 Å². The summed E-state index contributed by atoms with van der Waals surface area (Å²) in [5.41, 5.74) is -0.0377. The molecule has 0 aliphatic carbocycles. The van der Waals surface area contributed by atoms with E-state index in [1.807, 2.05) is 4.90 Å². The molecule has 1 N–H and O–H groups in total. The van der Waals surface area contributed by atoms with E-state index >= 15 is 0 Å². The monoisotopic (exact) mass is 364 g/mol. The normalized spacial score (nSPS) is 19.2. The molecule has 1 saturated heterocycles. The Morgan fingerprint density at radius 1 is 1.19 bits per heavy atom. The summed E-state index contributed by atoms with van der Waals surface area (Å²) in [6.07, 6.45) is 3.86. The molecule has 0 saturated carbocycles. The highest BCUT2D eigenvalue weighted by molar-refractivity contribution is 5.78. The lowest BCUT2D eigenvalue weighted by molar-refractivity contribution is -0.137. The second kappa shape index (κ2) is 8.38. The number of unbranched alkanes of at least 4 members (excludes halogenated alkanes) is 1. The van der Waals surface area contributed by atoms with Crippen LogP contribution < -0.4 is 10.1 Å². The maximum atomic E-state index is 13.0. The minimum atomic E-state index is -0.313. The van der Waals surface area contributed by atoms with E-state index < -0.39 is 0 Å². The predicted octanol–water partition coefficient (Wildman–Crippen LogP) is 4.14. The highest BCUT2D eigenvalue weighted by Gasteiger charge is 2.41. The van der Waals surface area contributed by atoms with Crippen LogP contribution in [0, 0.1) is 5.82 Å². The van der Waals surface area contributed by atoms with Crippen LogP contribution in [0.1, 0.15) is 60.3 Å². The number of piperidine rings is 1. The van der Waals surface area contributed by atoms with Gasteiger partial charge in [0.25, 0.3) is 5.91 Å². The first-order valence-corrected chi connectivity index (χ1v) is 9.59. The molecule has 0 unspecified atom stereocenters. The molecule has 4 nitrogen and oxygen atoms in total. The lowest BCUT2D eigenvalue weighted by Gasteiger charge is -2.49. The third kappa shape index (κ3) is 5.97. The summed E-state index contributed by atoms with van der Waals surface area (Å²) in [6, 6.07) is 5.97. The number of hydrogen-bond acceptors (Lipinski definition) is 3. The van der Waals surface area contributed by atoms with E-state index in [4.69, 9.17) is 4.74 Å². The molecule has 146 valence electrons. The Morgan fingerprint density at radius 2 is 1.77 bits per heavy atom. The quantitative estimate of drug-likeness (QED) is 0.790. The number of rotatable bonds is 7. The minimum absolute atomic E-state index is 0.00118. The lowest BCUT2D eigenvalue weighted by atomic mass is 9.79. The van der Waals surface area contributed by atoms with Crippen molar-refractivity contribution in [3.05, 3.63) is 30.1 Å². The van der Waals surface area contributed by atoms with Gasteiger partial charge in [-0.1, -0.05) is 13.3 Å². The Hall–Kier alpha value is -1.62. The zero-order valence-electron chi connectivity index (χ0n) is 16.8. The second-order valence-electron chi connectivity index (χ2n) is 8.64. The Kier molecular flexibility index (Phi) is 6.67. The molecular weight excluding hydrogens is 331 g/mol. The summed E-state index contributed by atoms with van der Waals surface area (Å²) in [5.74, 6) is 0.204. The molecule has 26 heavy (non-hydrogen) atoms. The fourth-order valence-electron chi connectivity index (χ4n) is 4.09. The molecule has 1 amide bonds. The van der Waals surface area contributed by atoms with E-state index in [1.54, 1.807) is 12.1 Å². The number of nitrogens with one attached hydrogen (secondary N) is 1. The molecule has 0 aromatic heterocycles. The van der Waals surface area contributed by atoms with Crippen molar-refractivity contribution in [2.24, 2.45) is 0 Å². The highest BCUT2D eigenvalue weighted by atomic mass is 19.1. The average Bonchev–Trinajstić information content (AvgIpc) is 2.51. The van der Waals surface area contributed by atoms with Crippen LogP contribution in [0.4, 0.5) is 4.39 Å². The number of halogens is 1. The number of amides is 1. The van der Waals surface area contributed by atoms with Crippen LogP contribution in [0.3, 0.4) is 0 Å². The van der Waals surface area contributed by atoms with Crippen LogP contribution in [-0.2, 0) is 4.79 Å². The van der Waals surface area contributed by atoms with E-state index in [9.17, 15) is 9.18 Å². The van der Waals surface area contributed by atoms with Gasteiger partial charge >= 0.3 is 0 Å². The van der Waals surface area contributed by atoms with E-state index in [0.717, 1.165) is 32.2 Å². The molecule has 1 aliphatic rings. The van der Waals surface area contributed by atoms with Gasteiger partial charge in [0.05, 0.1) is 0 Å². The maximum Gasteiger partial charge on any atom is 0.260 e. The van der Waals surface area contributed by atoms with Crippen molar-refractivity contribution in [2.75, 3.05) is 13.2 Å². The SMILES string of the molecule is CCCCN(C(=O)COc1ccc(F)cc1)C1CC(C)(C)NC(C)(C)C1. The number of carbonyl (C=O) groups excluding carboxylic acids is 1. The second-order valence-corrected chi connectivity index (χ2v) is 8.64. The van der Waals surface area contributed by atoms with Gasteiger partial charge in [-0.15, -0.1) is 0 Å². The van der Waals surface area contributed by atoms with Crippen LogP contribution in [-0.4, -0.2) is 41.1 Å². The molecule has 1 heterocycles. The summed E-state index contributed by atoms with van der Waals surface area (Å²) in [6.45, 7) is 11.6. The van der Waals surface area contributed by atoms with Gasteiger partial charge in [0.15, 0.2) is 6.61 Å². The first-order valence-electron chi connectivity index (χ1n) is 9.59. The van der Waals surface area contributed by atoms with E-state index in [1.165, 1.54) is 12.1 Å². The Morgan fingerprint density at radius 3 is 2.31 bits per heavy atom. The topological polar surface area (TPSA) is 41.6 Å². The fourth-order valence-corrected chi connectivity index (χ4v) is 4.09. The van der Waals surface area contributed by atoms with E-state index in [-0.39, 0.29) is 35.5 Å². The van der Waals surface area contributed by atoms with E-state index in [2.05, 4.69) is 39.9 Å². The largest absolute Gasteiger partial charge is 0.484 e. The van der Waals surface area contributed by atoms with Gasteiger partial charge in [-0.25, -0.2) is 4.39 Å². The molecule has 1 fully saturated rings. The molecule has 1 aliphatic heterocycles. The molecule has 0 atom stereocenters. The summed E-state index contributed by atoms with van der Waals surface area (Å²) < 4.78 is 18.6. The van der Waals surface area contributed by atoms with Crippen LogP contribution in [0.25, 0.3) is 0 Å². The number of benzene rings is 1. The van der Waals surface area contributed by atoms with Crippen molar-refractivity contribution in [1.82, 2.24) is 10.2 Å². The Labute approximate surface area is 157 Å². The summed E-state index contributed by atoms with van der Waals surface area (Å²) in [4.78, 5) is 14.9. The standard InChI is InChI=1S/C21H33FN2O2/c1-6-7-12-24(17-13-20(2,3)23-21(4,5)14-17)19(25)15-26-18-10-8-16(22)9-11-18/h8-11,17,23H,6-7,12-15H2,1-5H3. The van der Waals surface area contributed by atoms with Gasteiger partial charge in [0.1, 0.15) is 11.6 Å². The summed E-state index contributed by atoms with van der Waals surface area (Å²) in [5, 5.41) is 3.67. The molecule has 5 heteroatoms. The van der Waals surface area contributed by atoms with Crippen molar-refractivity contribution in [1.29, 1.82) is 0 Å². The molecular formula is C21H33FN2O2. The molecule has 2 rings (SSSR count). The van der Waals surface area contributed by atoms with E-state index in [0.29, 0.717) is 5.75 Å². The first kappa shape index (κ1) is 20.7. The molecule has 0 radical (unpaired) electrons. The smallest absolute Gasteiger partial charge is 0.260 e. The van der Waals surface area contributed by atoms with Crippen molar-refractivity contribution < 1.29 is 13.9 Å². The highest BCUT2D eigenvalue weighted by Crippen LogP contribution is 2.32. The number of ether oxygens (including phenoxy) is 1. The lowest BCUT2D eigenvalue weighted by Crippen LogP contribution is -2.63. The number of nitrogens with zero attached hydrogens (tertiary/aromatic N) is 1. The fraction of sp³-hybridized carbons (Fsp3) is 0.667. The van der Waals surface area contributed by atoms with Crippen LogP contribution in [0.5, 0.6) is 5.75 Å². The summed E-state index contributed by atoms with van der Waals surface area (Å²) >= 11 is 0. The zero-order valence-corrected chi connectivity index (χ0v) is 16.8. The van der Waals surface area contributed by atoms with Gasteiger partial charge in [-0.05, 0) is 71.2 Å². The van der Waals surface area contributed by atoms with Crippen LogP contribution >= 0.6 is 0 Å². The van der Waals surface area contributed by atoms with Crippen LogP contribution in [0.2, 0.25) is 0 Å². The maximum absolute atomic E-state index is 13.0. The zero-order chi connectivity index (χ0) is 19.4. The molecule has 0 spiro atoms. The third-order valence-electron chi connectivity index (χ3n) is 4.86. The van der Waals surface area contributed by atoms with Crippen LogP contribution in [0.15, 0.2) is 24.3 Å². The molecule has 0 bridgehead atoms. The van der Waals surface area contributed by atoms with Crippen molar-refractivity contribution in [3.8, 4) is 5.75 Å². The van der Waals surface area contributed by atoms with Gasteiger partial charge in [0.2, 0.25) is 0 Å². The predicted molar refractivity (Wildman–Crippen MR) is 103 cm³/mol. The summed E-state index contributed by atoms with van der Waals surface area (Å²) in [7, 11) is 0. The van der Waals surface area contributed by atoms with Crippen molar-refractivity contribution in [2.45, 2.75) is 77.4 Å². The third-order valence-corrected chi connectivity index (χ3v) is 4.86. The number of carbonyl (C=O) groups is 1. The van der Waals surface area contributed by atoms with Gasteiger partial charge in [-0.2, -0.15) is 0 Å². The molecule has 1 aromatic rings. The van der Waals surface area contributed by atoms with Gasteiger partial charge < -0.3 is 15.0 Å².